The lowest BCUT2D eigenvalue weighted by Gasteiger charge is -2.40. The van der Waals surface area contributed by atoms with Crippen LogP contribution in [-0.4, -0.2) is 36.0 Å². The van der Waals surface area contributed by atoms with E-state index < -0.39 is 6.04 Å². The Labute approximate surface area is 102 Å². The molecule has 1 amide bonds. The Morgan fingerprint density at radius 1 is 1.29 bits per heavy atom. The molecular weight excluding hydrogens is 218 g/mol. The summed E-state index contributed by atoms with van der Waals surface area (Å²) >= 11 is 0. The molecule has 4 heteroatoms. The third-order valence-corrected chi connectivity index (χ3v) is 3.88. The van der Waals surface area contributed by atoms with Gasteiger partial charge in [0.05, 0.1) is 7.11 Å². The maximum Gasteiger partial charge on any atom is 0.328 e. The highest BCUT2D eigenvalue weighted by Gasteiger charge is 2.37. The van der Waals surface area contributed by atoms with Gasteiger partial charge in [-0.25, -0.2) is 4.79 Å². The first kappa shape index (κ1) is 12.4. The van der Waals surface area contributed by atoms with Crippen LogP contribution >= 0.6 is 0 Å². The third-order valence-electron chi connectivity index (χ3n) is 3.88. The van der Waals surface area contributed by atoms with Gasteiger partial charge in [0.2, 0.25) is 5.91 Å². The highest BCUT2D eigenvalue weighted by molar-refractivity contribution is 5.84. The monoisotopic (exact) mass is 239 g/mol. The molecule has 0 radical (unpaired) electrons. The smallest absolute Gasteiger partial charge is 0.328 e. The van der Waals surface area contributed by atoms with Crippen LogP contribution in [0.3, 0.4) is 0 Å². The number of hydrogen-bond acceptors (Lipinski definition) is 3. The predicted octanol–water partition coefficient (Wildman–Crippen LogP) is 1.73. The molecule has 2 aliphatic carbocycles. The number of hydrogen-bond donors (Lipinski definition) is 0. The molecule has 2 aliphatic rings. The largest absolute Gasteiger partial charge is 0.467 e. The highest BCUT2D eigenvalue weighted by atomic mass is 16.5. The summed E-state index contributed by atoms with van der Waals surface area (Å²) in [6.07, 6.45) is 6.15. The van der Waals surface area contributed by atoms with Gasteiger partial charge in [-0.2, -0.15) is 0 Å². The van der Waals surface area contributed by atoms with Crippen molar-refractivity contribution in [3.05, 3.63) is 0 Å². The number of methoxy groups -OCH3 is 1. The molecule has 0 aromatic rings. The van der Waals surface area contributed by atoms with Gasteiger partial charge in [-0.15, -0.1) is 0 Å². The van der Waals surface area contributed by atoms with Crippen LogP contribution in [0.2, 0.25) is 0 Å². The summed E-state index contributed by atoms with van der Waals surface area (Å²) in [7, 11) is 1.38. The molecule has 0 aromatic heterocycles. The second-order valence-corrected chi connectivity index (χ2v) is 5.23. The molecule has 2 saturated carbocycles. The average molecular weight is 239 g/mol. The topological polar surface area (TPSA) is 46.6 Å². The van der Waals surface area contributed by atoms with E-state index in [1.54, 1.807) is 11.8 Å². The van der Waals surface area contributed by atoms with E-state index in [0.29, 0.717) is 12.3 Å². The molecule has 0 aliphatic heterocycles. The Bertz CT molecular complexity index is 308. The van der Waals surface area contributed by atoms with Crippen molar-refractivity contribution in [2.45, 2.75) is 57.5 Å². The second-order valence-electron chi connectivity index (χ2n) is 5.23. The molecule has 4 nitrogen and oxygen atoms in total. The number of rotatable bonds is 5. The van der Waals surface area contributed by atoms with E-state index in [2.05, 4.69) is 0 Å². The van der Waals surface area contributed by atoms with Crippen molar-refractivity contribution in [2.24, 2.45) is 5.92 Å². The van der Waals surface area contributed by atoms with Gasteiger partial charge in [-0.1, -0.05) is 0 Å². The minimum Gasteiger partial charge on any atom is -0.467 e. The molecule has 96 valence electrons. The molecule has 17 heavy (non-hydrogen) atoms. The maximum atomic E-state index is 12.2. The Kier molecular flexibility index (Phi) is 3.69. The van der Waals surface area contributed by atoms with Crippen molar-refractivity contribution < 1.29 is 14.3 Å². The lowest BCUT2D eigenvalue weighted by atomic mass is 9.90. The Balaban J connectivity index is 2.00. The van der Waals surface area contributed by atoms with E-state index in [1.807, 2.05) is 0 Å². The van der Waals surface area contributed by atoms with Crippen molar-refractivity contribution in [1.82, 2.24) is 4.90 Å². The number of esters is 1. The maximum absolute atomic E-state index is 12.2. The van der Waals surface area contributed by atoms with E-state index in [9.17, 15) is 9.59 Å². The second kappa shape index (κ2) is 5.07. The van der Waals surface area contributed by atoms with Crippen LogP contribution in [0, 0.1) is 5.92 Å². The van der Waals surface area contributed by atoms with E-state index in [1.165, 1.54) is 7.11 Å². The summed E-state index contributed by atoms with van der Waals surface area (Å²) < 4.78 is 4.75. The third kappa shape index (κ3) is 2.79. The number of amides is 1. The van der Waals surface area contributed by atoms with Gasteiger partial charge >= 0.3 is 5.97 Å². The van der Waals surface area contributed by atoms with Gasteiger partial charge in [0.15, 0.2) is 0 Å². The molecule has 2 rings (SSSR count). The highest BCUT2D eigenvalue weighted by Crippen LogP contribution is 2.35. The molecule has 0 N–H and O–H groups in total. The Hall–Kier alpha value is -1.06. The lowest BCUT2D eigenvalue weighted by Crippen LogP contribution is -2.52. The van der Waals surface area contributed by atoms with Crippen LogP contribution in [0.5, 0.6) is 0 Å². The first-order valence-electron chi connectivity index (χ1n) is 6.52. The van der Waals surface area contributed by atoms with Gasteiger partial charge in [0.25, 0.3) is 0 Å². The minimum atomic E-state index is -0.434. The van der Waals surface area contributed by atoms with Crippen LogP contribution < -0.4 is 0 Å². The SMILES string of the molecule is COC(=O)[C@H](C)N(C(=O)CC1CC1)C1CCC1. The first-order chi connectivity index (χ1) is 8.13. The predicted molar refractivity (Wildman–Crippen MR) is 63.3 cm³/mol. The quantitative estimate of drug-likeness (QED) is 0.686. The van der Waals surface area contributed by atoms with Crippen LogP contribution in [0.4, 0.5) is 0 Å². The molecule has 0 spiro atoms. The van der Waals surface area contributed by atoms with Crippen molar-refractivity contribution >= 4 is 11.9 Å². The van der Waals surface area contributed by atoms with Crippen molar-refractivity contribution in [3.8, 4) is 0 Å². The number of ether oxygens (including phenoxy) is 1. The summed E-state index contributed by atoms with van der Waals surface area (Å²) in [5.74, 6) is 0.395. The molecule has 0 heterocycles. The summed E-state index contributed by atoms with van der Waals surface area (Å²) in [6, 6.07) is -0.174. The van der Waals surface area contributed by atoms with Gasteiger partial charge in [0, 0.05) is 12.5 Å². The lowest BCUT2D eigenvalue weighted by molar-refractivity contribution is -0.155. The Morgan fingerprint density at radius 2 is 1.94 bits per heavy atom. The van der Waals surface area contributed by atoms with Gasteiger partial charge in [0.1, 0.15) is 6.04 Å². The molecule has 0 saturated heterocycles. The minimum absolute atomic E-state index is 0.134. The zero-order valence-corrected chi connectivity index (χ0v) is 10.6. The molecule has 2 fully saturated rings. The van der Waals surface area contributed by atoms with Crippen molar-refractivity contribution in [3.63, 3.8) is 0 Å². The van der Waals surface area contributed by atoms with E-state index in [-0.39, 0.29) is 17.9 Å². The van der Waals surface area contributed by atoms with Crippen LogP contribution in [0.15, 0.2) is 0 Å². The fourth-order valence-corrected chi connectivity index (χ4v) is 2.36. The van der Waals surface area contributed by atoms with Gasteiger partial charge in [-0.3, -0.25) is 4.79 Å². The molecule has 0 unspecified atom stereocenters. The van der Waals surface area contributed by atoms with Gasteiger partial charge in [-0.05, 0) is 44.9 Å². The standard InChI is InChI=1S/C13H21NO3/c1-9(13(16)17-2)14(11-4-3-5-11)12(15)8-10-6-7-10/h9-11H,3-8H2,1-2H3/t9-/m0/s1. The van der Waals surface area contributed by atoms with Crippen molar-refractivity contribution in [1.29, 1.82) is 0 Å². The number of carbonyl (C=O) groups is 2. The summed E-state index contributed by atoms with van der Waals surface area (Å²) in [5.41, 5.74) is 0. The fraction of sp³-hybridized carbons (Fsp3) is 0.846. The van der Waals surface area contributed by atoms with Crippen LogP contribution in [0.25, 0.3) is 0 Å². The van der Waals surface area contributed by atoms with Crippen LogP contribution in [-0.2, 0) is 14.3 Å². The summed E-state index contributed by atoms with van der Waals surface area (Å²) in [5, 5.41) is 0. The molecule has 1 atom stereocenters. The first-order valence-corrected chi connectivity index (χ1v) is 6.52. The average Bonchev–Trinajstić information content (AvgIpc) is 3.04. The molecule has 0 bridgehead atoms. The van der Waals surface area contributed by atoms with E-state index >= 15 is 0 Å². The molecule has 0 aromatic carbocycles. The van der Waals surface area contributed by atoms with Gasteiger partial charge < -0.3 is 9.64 Å². The number of carbonyl (C=O) groups excluding carboxylic acids is 2. The zero-order chi connectivity index (χ0) is 12.4. The summed E-state index contributed by atoms with van der Waals surface area (Å²) in [4.78, 5) is 25.6. The molecular formula is C13H21NO3. The Morgan fingerprint density at radius 3 is 2.35 bits per heavy atom. The zero-order valence-electron chi connectivity index (χ0n) is 10.6. The summed E-state index contributed by atoms with van der Waals surface area (Å²) in [6.45, 7) is 1.77. The van der Waals surface area contributed by atoms with E-state index in [4.69, 9.17) is 4.74 Å². The van der Waals surface area contributed by atoms with Crippen molar-refractivity contribution in [2.75, 3.05) is 7.11 Å². The fourth-order valence-electron chi connectivity index (χ4n) is 2.36. The number of nitrogens with zero attached hydrogens (tertiary/aromatic N) is 1. The normalized spacial score (nSPS) is 21.5. The van der Waals surface area contributed by atoms with Crippen LogP contribution in [0.1, 0.15) is 45.4 Å². The van der Waals surface area contributed by atoms with E-state index in [0.717, 1.165) is 32.1 Å².